The van der Waals surface area contributed by atoms with Crippen molar-refractivity contribution < 1.29 is 0 Å². The van der Waals surface area contributed by atoms with Gasteiger partial charge in [0.2, 0.25) is 0 Å². The molecule has 2 aromatic carbocycles. The molecule has 0 saturated heterocycles. The average Bonchev–Trinajstić information content (AvgIpc) is 2.97. The van der Waals surface area contributed by atoms with Crippen molar-refractivity contribution in [1.29, 1.82) is 5.26 Å². The van der Waals surface area contributed by atoms with E-state index in [9.17, 15) is 0 Å². The van der Waals surface area contributed by atoms with E-state index in [-0.39, 0.29) is 0 Å². The first-order valence-corrected chi connectivity index (χ1v) is 6.76. The van der Waals surface area contributed by atoms with Crippen LogP contribution in [0.15, 0.2) is 60.0 Å². The molecule has 0 amide bonds. The Bertz CT molecular complexity index is 721. The summed E-state index contributed by atoms with van der Waals surface area (Å²) >= 11 is 1.50. The fourth-order valence-corrected chi connectivity index (χ4v) is 2.65. The third-order valence-corrected chi connectivity index (χ3v) is 3.75. The van der Waals surface area contributed by atoms with Gasteiger partial charge < -0.3 is 0 Å². The summed E-state index contributed by atoms with van der Waals surface area (Å²) in [6.07, 6.45) is 0. The first-order valence-electron chi connectivity index (χ1n) is 5.88. The molecule has 0 aliphatic rings. The fourth-order valence-electron chi connectivity index (χ4n) is 1.89. The molecule has 3 rings (SSSR count). The molecule has 0 saturated carbocycles. The lowest BCUT2D eigenvalue weighted by Gasteiger charge is -2.02. The number of hydrogen-bond acceptors (Lipinski definition) is 3. The van der Waals surface area contributed by atoms with Crippen molar-refractivity contribution in [3.63, 3.8) is 0 Å². The van der Waals surface area contributed by atoms with Gasteiger partial charge in [0, 0.05) is 10.9 Å². The molecule has 0 unspecified atom stereocenters. The molecule has 3 heteroatoms. The summed E-state index contributed by atoms with van der Waals surface area (Å²) in [6.45, 7) is 0. The van der Waals surface area contributed by atoms with Crippen molar-refractivity contribution in [2.75, 3.05) is 0 Å². The lowest BCUT2D eigenvalue weighted by molar-refractivity contribution is 1.33. The van der Waals surface area contributed by atoms with Gasteiger partial charge in [0.05, 0.1) is 0 Å². The smallest absolute Gasteiger partial charge is 0.152 e. The van der Waals surface area contributed by atoms with E-state index >= 15 is 0 Å². The van der Waals surface area contributed by atoms with Crippen LogP contribution in [0.1, 0.15) is 5.69 Å². The first-order chi connectivity index (χ1) is 9.36. The van der Waals surface area contributed by atoms with E-state index < -0.39 is 0 Å². The van der Waals surface area contributed by atoms with E-state index in [2.05, 4.69) is 35.3 Å². The number of nitrogens with zero attached hydrogens (tertiary/aromatic N) is 2. The summed E-state index contributed by atoms with van der Waals surface area (Å²) in [5.74, 6) is 0. The lowest BCUT2D eigenvalue weighted by Crippen LogP contribution is -1.80. The summed E-state index contributed by atoms with van der Waals surface area (Å²) < 4.78 is 0. The van der Waals surface area contributed by atoms with E-state index in [0.717, 1.165) is 10.6 Å². The summed E-state index contributed by atoms with van der Waals surface area (Å²) in [4.78, 5) is 4.26. The second kappa shape index (κ2) is 5.05. The van der Waals surface area contributed by atoms with Crippen LogP contribution in [-0.2, 0) is 0 Å². The number of aromatic nitrogens is 1. The van der Waals surface area contributed by atoms with Gasteiger partial charge in [0.25, 0.3) is 0 Å². The van der Waals surface area contributed by atoms with Crippen molar-refractivity contribution in [2.24, 2.45) is 0 Å². The fraction of sp³-hybridized carbons (Fsp3) is 0. The number of thiazole rings is 1. The highest BCUT2D eigenvalue weighted by atomic mass is 32.1. The largest absolute Gasteiger partial charge is 0.225 e. The summed E-state index contributed by atoms with van der Waals surface area (Å²) in [5.41, 5.74) is 3.91. The zero-order chi connectivity index (χ0) is 13.1. The molecule has 0 bridgehead atoms. The highest BCUT2D eigenvalue weighted by Crippen LogP contribution is 2.26. The molecule has 0 aliphatic heterocycles. The van der Waals surface area contributed by atoms with Crippen molar-refractivity contribution in [2.45, 2.75) is 0 Å². The lowest BCUT2D eigenvalue weighted by atomic mass is 10.0. The highest BCUT2D eigenvalue weighted by Gasteiger charge is 2.04. The number of rotatable bonds is 2. The summed E-state index contributed by atoms with van der Waals surface area (Å²) in [7, 11) is 0. The second-order valence-corrected chi connectivity index (χ2v) is 4.95. The maximum absolute atomic E-state index is 8.78. The monoisotopic (exact) mass is 262 g/mol. The van der Waals surface area contributed by atoms with Crippen molar-refractivity contribution in [1.82, 2.24) is 4.98 Å². The van der Waals surface area contributed by atoms with Gasteiger partial charge in [-0.05, 0) is 11.1 Å². The topological polar surface area (TPSA) is 36.7 Å². The Morgan fingerprint density at radius 3 is 2.11 bits per heavy atom. The molecule has 0 atom stereocenters. The van der Waals surface area contributed by atoms with Gasteiger partial charge in [-0.3, -0.25) is 0 Å². The molecule has 1 aromatic heterocycles. The Morgan fingerprint density at radius 2 is 1.47 bits per heavy atom. The number of benzene rings is 2. The second-order valence-electron chi connectivity index (χ2n) is 4.09. The number of nitriles is 1. The zero-order valence-electron chi connectivity index (χ0n) is 10.1. The minimum Gasteiger partial charge on any atom is -0.225 e. The van der Waals surface area contributed by atoms with Crippen LogP contribution in [0.5, 0.6) is 0 Å². The Labute approximate surface area is 115 Å². The van der Waals surface area contributed by atoms with Gasteiger partial charge in [-0.1, -0.05) is 54.6 Å². The van der Waals surface area contributed by atoms with Crippen LogP contribution in [-0.4, -0.2) is 4.98 Å². The van der Waals surface area contributed by atoms with Crippen LogP contribution in [0.3, 0.4) is 0 Å². The predicted octanol–water partition coefficient (Wildman–Crippen LogP) is 4.35. The van der Waals surface area contributed by atoms with Gasteiger partial charge >= 0.3 is 0 Å². The normalized spacial score (nSPS) is 10.1. The predicted molar refractivity (Wildman–Crippen MR) is 77.7 cm³/mol. The van der Waals surface area contributed by atoms with Gasteiger partial charge in [0.15, 0.2) is 5.69 Å². The summed E-state index contributed by atoms with van der Waals surface area (Å²) in [6, 6.07) is 20.6. The van der Waals surface area contributed by atoms with Crippen molar-refractivity contribution in [3.8, 4) is 27.8 Å². The minimum atomic E-state index is 0.479. The van der Waals surface area contributed by atoms with Crippen LogP contribution in [0.25, 0.3) is 21.7 Å². The standard InChI is InChI=1S/C16H10N2S/c17-10-15-11-19-16(18-15)14-8-6-13(7-9-14)12-4-2-1-3-5-12/h1-9,11H. The maximum Gasteiger partial charge on any atom is 0.152 e. The molecule has 19 heavy (non-hydrogen) atoms. The van der Waals surface area contributed by atoms with Crippen LogP contribution < -0.4 is 0 Å². The number of hydrogen-bond donors (Lipinski definition) is 0. The molecule has 0 aliphatic carbocycles. The van der Waals surface area contributed by atoms with Gasteiger partial charge in [-0.2, -0.15) is 5.26 Å². The molecular formula is C16H10N2S. The first kappa shape index (κ1) is 11.6. The molecule has 1 heterocycles. The Kier molecular flexibility index (Phi) is 3.09. The van der Waals surface area contributed by atoms with E-state index in [1.54, 1.807) is 5.38 Å². The Morgan fingerprint density at radius 1 is 0.842 bits per heavy atom. The van der Waals surface area contributed by atoms with Gasteiger partial charge in [0.1, 0.15) is 11.1 Å². The minimum absolute atomic E-state index is 0.479. The van der Waals surface area contributed by atoms with Crippen LogP contribution in [0.4, 0.5) is 0 Å². The van der Waals surface area contributed by atoms with E-state index in [1.165, 1.54) is 22.5 Å². The van der Waals surface area contributed by atoms with E-state index in [4.69, 9.17) is 5.26 Å². The van der Waals surface area contributed by atoms with Crippen LogP contribution in [0.2, 0.25) is 0 Å². The van der Waals surface area contributed by atoms with E-state index in [0.29, 0.717) is 5.69 Å². The third kappa shape index (κ3) is 2.40. The highest BCUT2D eigenvalue weighted by molar-refractivity contribution is 7.13. The van der Waals surface area contributed by atoms with Gasteiger partial charge in [-0.25, -0.2) is 4.98 Å². The molecule has 3 aromatic rings. The van der Waals surface area contributed by atoms with Crippen LogP contribution >= 0.6 is 11.3 Å². The SMILES string of the molecule is N#Cc1csc(-c2ccc(-c3ccccc3)cc2)n1. The van der Waals surface area contributed by atoms with Crippen LogP contribution in [0, 0.1) is 11.3 Å². The summed E-state index contributed by atoms with van der Waals surface area (Å²) in [5, 5.41) is 11.4. The average molecular weight is 262 g/mol. The third-order valence-electron chi connectivity index (χ3n) is 2.86. The molecule has 2 nitrogen and oxygen atoms in total. The van der Waals surface area contributed by atoms with Gasteiger partial charge in [-0.15, -0.1) is 11.3 Å². The molecular weight excluding hydrogens is 252 g/mol. The van der Waals surface area contributed by atoms with E-state index in [1.807, 2.05) is 30.3 Å². The molecule has 0 N–H and O–H groups in total. The van der Waals surface area contributed by atoms with Crippen molar-refractivity contribution >= 4 is 11.3 Å². The maximum atomic E-state index is 8.78. The molecule has 0 spiro atoms. The molecule has 0 radical (unpaired) electrons. The Balaban J connectivity index is 1.93. The quantitative estimate of drug-likeness (QED) is 0.688. The Hall–Kier alpha value is -2.44. The molecule has 90 valence electrons. The van der Waals surface area contributed by atoms with Crippen molar-refractivity contribution in [3.05, 3.63) is 65.7 Å². The molecule has 0 fully saturated rings. The zero-order valence-corrected chi connectivity index (χ0v) is 10.9.